The Bertz CT molecular complexity index is 569. The Labute approximate surface area is 108 Å². The molecule has 3 heteroatoms. The van der Waals surface area contributed by atoms with E-state index in [1.807, 2.05) is 12.1 Å². The molecule has 0 unspecified atom stereocenters. The average Bonchev–Trinajstić information content (AvgIpc) is 2.38. The van der Waals surface area contributed by atoms with Crippen molar-refractivity contribution in [3.63, 3.8) is 0 Å². The summed E-state index contributed by atoms with van der Waals surface area (Å²) >= 11 is 0. The molecule has 0 saturated carbocycles. The molecule has 0 aliphatic rings. The molecule has 0 N–H and O–H groups in total. The number of hydrogen-bond donors (Lipinski definition) is 0. The highest BCUT2D eigenvalue weighted by Crippen LogP contribution is 2.15. The van der Waals surface area contributed by atoms with Gasteiger partial charge in [0, 0.05) is 24.2 Å². The maximum atomic E-state index is 8.83. The van der Waals surface area contributed by atoms with Gasteiger partial charge < -0.3 is 0 Å². The second-order valence-corrected chi connectivity index (χ2v) is 4.69. The molecule has 2 rings (SSSR count). The minimum Gasteiger partial charge on any atom is -0.284 e. The zero-order valence-electron chi connectivity index (χ0n) is 10.8. The van der Waals surface area contributed by atoms with Gasteiger partial charge in [-0.2, -0.15) is 5.26 Å². The Kier molecular flexibility index (Phi) is 3.91. The molecule has 3 nitrogen and oxygen atoms in total. The smallest absolute Gasteiger partial charge is 0.0871 e. The van der Waals surface area contributed by atoms with E-state index in [2.05, 4.69) is 48.0 Å². The van der Waals surface area contributed by atoms with Crippen LogP contribution in [0.3, 0.4) is 0 Å². The molecule has 0 bridgehead atoms. The summed E-state index contributed by atoms with van der Waals surface area (Å²) in [6.07, 6.45) is 1.80. The van der Waals surface area contributed by atoms with Crippen molar-refractivity contribution >= 4 is 10.9 Å². The van der Waals surface area contributed by atoms with Crippen LogP contribution in [0, 0.1) is 11.3 Å². The van der Waals surface area contributed by atoms with Crippen LogP contribution in [-0.2, 0) is 6.54 Å². The molecule has 0 atom stereocenters. The molecule has 92 valence electrons. The molecule has 0 saturated heterocycles. The molecule has 0 spiro atoms. The molecule has 1 aromatic heterocycles. The second-order valence-electron chi connectivity index (χ2n) is 4.69. The number of nitriles is 1. The van der Waals surface area contributed by atoms with Crippen molar-refractivity contribution in [2.24, 2.45) is 0 Å². The van der Waals surface area contributed by atoms with E-state index < -0.39 is 0 Å². The van der Waals surface area contributed by atoms with Gasteiger partial charge >= 0.3 is 0 Å². The van der Waals surface area contributed by atoms with E-state index in [-0.39, 0.29) is 0 Å². The summed E-state index contributed by atoms with van der Waals surface area (Å²) in [6.45, 7) is 5.48. The minimum absolute atomic E-state index is 0.370. The summed E-state index contributed by atoms with van der Waals surface area (Å²) in [6, 6.07) is 12.9. The fourth-order valence-corrected chi connectivity index (χ4v) is 1.97. The second kappa shape index (κ2) is 5.61. The van der Waals surface area contributed by atoms with Crippen LogP contribution >= 0.6 is 0 Å². The van der Waals surface area contributed by atoms with Crippen molar-refractivity contribution < 1.29 is 0 Å². The molecule has 0 aliphatic heterocycles. The lowest BCUT2D eigenvalue weighted by Gasteiger charge is -2.23. The Balaban J connectivity index is 2.23. The lowest BCUT2D eigenvalue weighted by molar-refractivity contribution is 0.240. The van der Waals surface area contributed by atoms with Crippen molar-refractivity contribution in [3.05, 3.63) is 42.1 Å². The van der Waals surface area contributed by atoms with E-state index in [1.54, 1.807) is 6.20 Å². The summed E-state index contributed by atoms with van der Waals surface area (Å²) in [5, 5.41) is 9.98. The Morgan fingerprint density at radius 2 is 2.17 bits per heavy atom. The third kappa shape index (κ3) is 2.85. The highest BCUT2D eigenvalue weighted by molar-refractivity contribution is 5.78. The summed E-state index contributed by atoms with van der Waals surface area (Å²) < 4.78 is 0. The molecule has 0 radical (unpaired) electrons. The van der Waals surface area contributed by atoms with Gasteiger partial charge in [0.2, 0.25) is 0 Å². The molecule has 2 aromatic rings. The van der Waals surface area contributed by atoms with Crippen molar-refractivity contribution in [1.29, 1.82) is 5.26 Å². The van der Waals surface area contributed by atoms with Crippen LogP contribution in [0.4, 0.5) is 0 Å². The normalized spacial score (nSPS) is 11.1. The van der Waals surface area contributed by atoms with Crippen molar-refractivity contribution in [2.75, 3.05) is 6.54 Å². The number of aromatic nitrogens is 1. The van der Waals surface area contributed by atoms with Crippen LogP contribution in [0.15, 0.2) is 36.5 Å². The van der Waals surface area contributed by atoms with Crippen LogP contribution < -0.4 is 0 Å². The zero-order valence-corrected chi connectivity index (χ0v) is 10.8. The van der Waals surface area contributed by atoms with E-state index in [9.17, 15) is 0 Å². The fourth-order valence-electron chi connectivity index (χ4n) is 1.97. The standard InChI is InChI=1S/C15H17N3/c1-12(2)18(9-7-16)11-13-5-6-15-14(10-13)4-3-8-17-15/h3-6,8,10,12H,9,11H2,1-2H3. The van der Waals surface area contributed by atoms with Gasteiger partial charge in [-0.1, -0.05) is 12.1 Å². The monoisotopic (exact) mass is 239 g/mol. The Hall–Kier alpha value is -1.92. The number of nitrogens with zero attached hydrogens (tertiary/aromatic N) is 3. The van der Waals surface area contributed by atoms with E-state index in [0.29, 0.717) is 12.6 Å². The van der Waals surface area contributed by atoms with Gasteiger partial charge in [-0.3, -0.25) is 9.88 Å². The summed E-state index contributed by atoms with van der Waals surface area (Å²) in [5.74, 6) is 0. The summed E-state index contributed by atoms with van der Waals surface area (Å²) in [4.78, 5) is 6.46. The number of benzene rings is 1. The van der Waals surface area contributed by atoms with E-state index in [4.69, 9.17) is 5.26 Å². The number of hydrogen-bond acceptors (Lipinski definition) is 3. The van der Waals surface area contributed by atoms with Gasteiger partial charge in [-0.25, -0.2) is 0 Å². The van der Waals surface area contributed by atoms with Gasteiger partial charge in [0.05, 0.1) is 18.1 Å². The van der Waals surface area contributed by atoms with Crippen LogP contribution in [0.25, 0.3) is 10.9 Å². The number of fused-ring (bicyclic) bond motifs is 1. The van der Waals surface area contributed by atoms with E-state index >= 15 is 0 Å². The van der Waals surface area contributed by atoms with Crippen LogP contribution in [0.2, 0.25) is 0 Å². The van der Waals surface area contributed by atoms with Crippen molar-refractivity contribution in [1.82, 2.24) is 9.88 Å². The van der Waals surface area contributed by atoms with Gasteiger partial charge in [0.1, 0.15) is 0 Å². The topological polar surface area (TPSA) is 39.9 Å². The number of rotatable bonds is 4. The number of pyridine rings is 1. The molecule has 0 amide bonds. The fraction of sp³-hybridized carbons (Fsp3) is 0.333. The van der Waals surface area contributed by atoms with E-state index in [0.717, 1.165) is 17.4 Å². The zero-order chi connectivity index (χ0) is 13.0. The summed E-state index contributed by atoms with van der Waals surface area (Å²) in [5.41, 5.74) is 2.23. The predicted octanol–water partition coefficient (Wildman–Crippen LogP) is 2.97. The third-order valence-electron chi connectivity index (χ3n) is 3.06. The quantitative estimate of drug-likeness (QED) is 0.770. The highest BCUT2D eigenvalue weighted by Gasteiger charge is 2.09. The van der Waals surface area contributed by atoms with Gasteiger partial charge in [0.15, 0.2) is 0 Å². The maximum absolute atomic E-state index is 8.83. The van der Waals surface area contributed by atoms with Crippen LogP contribution in [-0.4, -0.2) is 22.5 Å². The van der Waals surface area contributed by atoms with Crippen molar-refractivity contribution in [3.8, 4) is 6.07 Å². The first kappa shape index (κ1) is 12.5. The van der Waals surface area contributed by atoms with E-state index in [1.165, 1.54) is 5.56 Å². The maximum Gasteiger partial charge on any atom is 0.0871 e. The molecule has 1 heterocycles. The van der Waals surface area contributed by atoms with Crippen molar-refractivity contribution in [2.45, 2.75) is 26.4 Å². The van der Waals surface area contributed by atoms with Crippen LogP contribution in [0.5, 0.6) is 0 Å². The lowest BCUT2D eigenvalue weighted by Crippen LogP contribution is -2.30. The first-order chi connectivity index (χ1) is 8.70. The molecular formula is C15H17N3. The highest BCUT2D eigenvalue weighted by atomic mass is 15.1. The Morgan fingerprint density at radius 1 is 1.33 bits per heavy atom. The lowest BCUT2D eigenvalue weighted by atomic mass is 10.1. The molecule has 0 aliphatic carbocycles. The first-order valence-corrected chi connectivity index (χ1v) is 6.15. The SMILES string of the molecule is CC(C)N(CC#N)Cc1ccc2ncccc2c1. The molecule has 1 aromatic carbocycles. The van der Waals surface area contributed by atoms with Crippen LogP contribution in [0.1, 0.15) is 19.4 Å². The first-order valence-electron chi connectivity index (χ1n) is 6.15. The van der Waals surface area contributed by atoms with Gasteiger partial charge in [-0.15, -0.1) is 0 Å². The minimum atomic E-state index is 0.370. The molecular weight excluding hydrogens is 222 g/mol. The molecule has 18 heavy (non-hydrogen) atoms. The van der Waals surface area contributed by atoms with Gasteiger partial charge in [0.25, 0.3) is 0 Å². The van der Waals surface area contributed by atoms with Gasteiger partial charge in [-0.05, 0) is 37.6 Å². The molecule has 0 fully saturated rings. The summed E-state index contributed by atoms with van der Waals surface area (Å²) in [7, 11) is 0. The third-order valence-corrected chi connectivity index (χ3v) is 3.06. The average molecular weight is 239 g/mol. The predicted molar refractivity (Wildman–Crippen MR) is 72.9 cm³/mol. The largest absolute Gasteiger partial charge is 0.284 e. The Morgan fingerprint density at radius 3 is 2.89 bits per heavy atom.